The molecule has 0 unspecified atom stereocenters. The molecule has 0 bridgehead atoms. The Morgan fingerprint density at radius 1 is 1.05 bits per heavy atom. The molecule has 1 rings (SSSR count). The molecule has 1 aliphatic rings. The van der Waals surface area contributed by atoms with Crippen LogP contribution in [0.15, 0.2) is 0 Å². The van der Waals surface area contributed by atoms with Crippen molar-refractivity contribution in [3.8, 4) is 0 Å². The number of nitrogens with one attached hydrogen (secondary N) is 2. The van der Waals surface area contributed by atoms with Crippen molar-refractivity contribution in [2.75, 3.05) is 6.54 Å². The number of carbonyl (C=O) groups is 1. The Morgan fingerprint density at radius 2 is 1.63 bits per heavy atom. The van der Waals surface area contributed by atoms with Crippen LogP contribution in [0.2, 0.25) is 0 Å². The fraction of sp³-hybridized carbons (Fsp3) is 0.938. The SMILES string of the molecule is CC(C)(C)CC(C)(C)NC(=O)NCC1CCCCC1. The molecule has 3 nitrogen and oxygen atoms in total. The van der Waals surface area contributed by atoms with Crippen molar-refractivity contribution in [2.45, 2.75) is 78.7 Å². The van der Waals surface area contributed by atoms with Gasteiger partial charge >= 0.3 is 6.03 Å². The van der Waals surface area contributed by atoms with Crippen LogP contribution < -0.4 is 10.6 Å². The second kappa shape index (κ2) is 6.62. The predicted octanol–water partition coefficient (Wildman–Crippen LogP) is 4.08. The highest BCUT2D eigenvalue weighted by Gasteiger charge is 2.27. The Labute approximate surface area is 118 Å². The van der Waals surface area contributed by atoms with Crippen LogP contribution in [0.1, 0.15) is 73.1 Å². The molecule has 1 aliphatic carbocycles. The fourth-order valence-electron chi connectivity index (χ4n) is 3.35. The summed E-state index contributed by atoms with van der Waals surface area (Å²) < 4.78 is 0. The molecule has 0 atom stereocenters. The van der Waals surface area contributed by atoms with Gasteiger partial charge < -0.3 is 10.6 Å². The van der Waals surface area contributed by atoms with Crippen molar-refractivity contribution < 1.29 is 4.79 Å². The number of amides is 2. The molecule has 0 aromatic carbocycles. The van der Waals surface area contributed by atoms with E-state index >= 15 is 0 Å². The van der Waals surface area contributed by atoms with Crippen molar-refractivity contribution in [3.63, 3.8) is 0 Å². The zero-order chi connectivity index (χ0) is 14.5. The minimum Gasteiger partial charge on any atom is -0.338 e. The summed E-state index contributed by atoms with van der Waals surface area (Å²) >= 11 is 0. The summed E-state index contributed by atoms with van der Waals surface area (Å²) in [6, 6.07) is -0.0141. The molecule has 0 heterocycles. The molecule has 2 N–H and O–H groups in total. The van der Waals surface area contributed by atoms with Gasteiger partial charge in [0, 0.05) is 12.1 Å². The maximum atomic E-state index is 12.0. The van der Waals surface area contributed by atoms with Gasteiger partial charge in [-0.05, 0) is 44.4 Å². The number of hydrogen-bond donors (Lipinski definition) is 2. The first-order chi connectivity index (χ1) is 8.68. The first-order valence-electron chi connectivity index (χ1n) is 7.74. The molecular formula is C16H32N2O. The topological polar surface area (TPSA) is 41.1 Å². The molecule has 2 amide bonds. The summed E-state index contributed by atoms with van der Waals surface area (Å²) in [6.45, 7) is 11.6. The van der Waals surface area contributed by atoms with Gasteiger partial charge in [0.05, 0.1) is 0 Å². The van der Waals surface area contributed by atoms with Crippen molar-refractivity contribution in [1.82, 2.24) is 10.6 Å². The van der Waals surface area contributed by atoms with E-state index in [1.165, 1.54) is 32.1 Å². The van der Waals surface area contributed by atoms with Gasteiger partial charge in [0.25, 0.3) is 0 Å². The van der Waals surface area contributed by atoms with Gasteiger partial charge in [0.2, 0.25) is 0 Å². The molecule has 0 aromatic heterocycles. The lowest BCUT2D eigenvalue weighted by molar-refractivity contribution is 0.207. The van der Waals surface area contributed by atoms with E-state index in [9.17, 15) is 4.79 Å². The van der Waals surface area contributed by atoms with E-state index in [0.29, 0.717) is 5.92 Å². The highest BCUT2D eigenvalue weighted by atomic mass is 16.2. The third-order valence-electron chi connectivity index (χ3n) is 3.70. The van der Waals surface area contributed by atoms with E-state index in [4.69, 9.17) is 0 Å². The number of carbonyl (C=O) groups excluding carboxylic acids is 1. The van der Waals surface area contributed by atoms with Gasteiger partial charge in [-0.1, -0.05) is 40.0 Å². The molecular weight excluding hydrogens is 236 g/mol. The predicted molar refractivity (Wildman–Crippen MR) is 81.3 cm³/mol. The molecule has 1 fully saturated rings. The molecule has 0 aliphatic heterocycles. The minimum absolute atomic E-state index is 0.0141. The lowest BCUT2D eigenvalue weighted by Gasteiger charge is -2.33. The fourth-order valence-corrected chi connectivity index (χ4v) is 3.35. The lowest BCUT2D eigenvalue weighted by Crippen LogP contribution is -2.50. The maximum Gasteiger partial charge on any atom is 0.315 e. The van der Waals surface area contributed by atoms with Crippen LogP contribution in [-0.2, 0) is 0 Å². The highest BCUT2D eigenvalue weighted by molar-refractivity contribution is 5.74. The Balaban J connectivity index is 2.29. The second-order valence-corrected chi connectivity index (χ2v) is 7.96. The summed E-state index contributed by atoms with van der Waals surface area (Å²) in [5.74, 6) is 0.685. The van der Waals surface area contributed by atoms with E-state index in [-0.39, 0.29) is 17.0 Å². The molecule has 0 aromatic rings. The van der Waals surface area contributed by atoms with Gasteiger partial charge in [-0.15, -0.1) is 0 Å². The molecule has 1 saturated carbocycles. The number of urea groups is 1. The van der Waals surface area contributed by atoms with Gasteiger partial charge in [0.15, 0.2) is 0 Å². The Bertz CT molecular complexity index is 286. The third-order valence-corrected chi connectivity index (χ3v) is 3.70. The highest BCUT2D eigenvalue weighted by Crippen LogP contribution is 2.26. The van der Waals surface area contributed by atoms with E-state index in [1.54, 1.807) is 0 Å². The lowest BCUT2D eigenvalue weighted by atomic mass is 9.82. The Kier molecular flexibility index (Phi) is 5.69. The first-order valence-corrected chi connectivity index (χ1v) is 7.74. The standard InChI is InChI=1S/C16H32N2O/c1-15(2,3)12-16(4,5)18-14(19)17-11-13-9-7-6-8-10-13/h13H,6-12H2,1-5H3,(H2,17,18,19). The van der Waals surface area contributed by atoms with E-state index in [1.807, 2.05) is 0 Å². The zero-order valence-corrected chi connectivity index (χ0v) is 13.4. The van der Waals surface area contributed by atoms with Gasteiger partial charge in [-0.25, -0.2) is 4.79 Å². The van der Waals surface area contributed by atoms with Crippen LogP contribution in [0.4, 0.5) is 4.79 Å². The van der Waals surface area contributed by atoms with Crippen LogP contribution in [-0.4, -0.2) is 18.1 Å². The summed E-state index contributed by atoms with van der Waals surface area (Å²) in [4.78, 5) is 12.0. The smallest absolute Gasteiger partial charge is 0.315 e. The molecule has 19 heavy (non-hydrogen) atoms. The first kappa shape index (κ1) is 16.3. The van der Waals surface area contributed by atoms with Crippen LogP contribution in [0.5, 0.6) is 0 Å². The summed E-state index contributed by atoms with van der Waals surface area (Å²) in [5, 5.41) is 6.15. The summed E-state index contributed by atoms with van der Waals surface area (Å²) in [6.07, 6.45) is 7.52. The number of hydrogen-bond acceptors (Lipinski definition) is 1. The number of rotatable bonds is 4. The quantitative estimate of drug-likeness (QED) is 0.792. The van der Waals surface area contributed by atoms with E-state index < -0.39 is 0 Å². The summed E-state index contributed by atoms with van der Waals surface area (Å²) in [7, 11) is 0. The van der Waals surface area contributed by atoms with Crippen LogP contribution in [0.3, 0.4) is 0 Å². The molecule has 112 valence electrons. The van der Waals surface area contributed by atoms with Crippen LogP contribution in [0.25, 0.3) is 0 Å². The molecule has 0 saturated heterocycles. The van der Waals surface area contributed by atoms with E-state index in [2.05, 4.69) is 45.3 Å². The van der Waals surface area contributed by atoms with Gasteiger partial charge in [-0.3, -0.25) is 0 Å². The Morgan fingerprint density at radius 3 is 2.16 bits per heavy atom. The normalized spacial score (nSPS) is 18.2. The van der Waals surface area contributed by atoms with Gasteiger partial charge in [-0.2, -0.15) is 0 Å². The maximum absolute atomic E-state index is 12.0. The van der Waals surface area contributed by atoms with Gasteiger partial charge in [0.1, 0.15) is 0 Å². The van der Waals surface area contributed by atoms with Crippen LogP contribution in [0, 0.1) is 11.3 Å². The largest absolute Gasteiger partial charge is 0.338 e. The monoisotopic (exact) mass is 268 g/mol. The van der Waals surface area contributed by atoms with Crippen molar-refractivity contribution >= 4 is 6.03 Å². The second-order valence-electron chi connectivity index (χ2n) is 7.96. The summed E-state index contributed by atoms with van der Waals surface area (Å²) in [5.41, 5.74) is 0.0645. The Hall–Kier alpha value is -0.730. The van der Waals surface area contributed by atoms with Crippen molar-refractivity contribution in [3.05, 3.63) is 0 Å². The molecule has 0 spiro atoms. The average Bonchev–Trinajstić information content (AvgIpc) is 2.23. The zero-order valence-electron chi connectivity index (χ0n) is 13.4. The van der Waals surface area contributed by atoms with Crippen molar-refractivity contribution in [2.24, 2.45) is 11.3 Å². The minimum atomic E-state index is -0.158. The molecule has 3 heteroatoms. The average molecular weight is 268 g/mol. The van der Waals surface area contributed by atoms with Crippen LogP contribution >= 0.6 is 0 Å². The van der Waals surface area contributed by atoms with Crippen molar-refractivity contribution in [1.29, 1.82) is 0 Å². The third kappa shape index (κ3) is 7.44. The van der Waals surface area contributed by atoms with E-state index in [0.717, 1.165) is 13.0 Å². The molecule has 0 radical (unpaired) electrons.